The van der Waals surface area contributed by atoms with E-state index in [9.17, 15) is 4.39 Å². The van der Waals surface area contributed by atoms with E-state index < -0.39 is 5.82 Å². The summed E-state index contributed by atoms with van der Waals surface area (Å²) in [6.07, 6.45) is 2.93. The zero-order valence-electron chi connectivity index (χ0n) is 9.32. The molecule has 0 bridgehead atoms. The average Bonchev–Trinajstić information content (AvgIpc) is 2.36. The summed E-state index contributed by atoms with van der Waals surface area (Å²) in [7, 11) is 0. The quantitative estimate of drug-likeness (QED) is 0.672. The number of nitrogens with two attached hydrogens (primary N) is 1. The Balaban J connectivity index is 2.39. The first-order chi connectivity index (χ1) is 8.99. The van der Waals surface area contributed by atoms with E-state index in [1.165, 1.54) is 24.5 Å². The summed E-state index contributed by atoms with van der Waals surface area (Å²) in [4.78, 5) is 8.15. The SMILES string of the molecule is NC(=S)c1nccnc1Nc1cc(Cl)c(F)c(Cl)c1. The maximum atomic E-state index is 13.3. The van der Waals surface area contributed by atoms with E-state index in [4.69, 9.17) is 41.2 Å². The Morgan fingerprint density at radius 2 is 1.79 bits per heavy atom. The highest BCUT2D eigenvalue weighted by molar-refractivity contribution is 7.80. The summed E-state index contributed by atoms with van der Waals surface area (Å²) in [5.41, 5.74) is 6.31. The van der Waals surface area contributed by atoms with Crippen LogP contribution in [0.3, 0.4) is 0 Å². The summed E-state index contributed by atoms with van der Waals surface area (Å²) in [6.45, 7) is 0. The number of hydrogen-bond acceptors (Lipinski definition) is 4. The molecule has 0 saturated carbocycles. The lowest BCUT2D eigenvalue weighted by atomic mass is 10.3. The molecule has 0 aliphatic rings. The molecule has 8 heteroatoms. The summed E-state index contributed by atoms with van der Waals surface area (Å²) in [6, 6.07) is 2.75. The van der Waals surface area contributed by atoms with Crippen molar-refractivity contribution in [2.45, 2.75) is 0 Å². The fraction of sp³-hybridized carbons (Fsp3) is 0. The Kier molecular flexibility index (Phi) is 4.14. The molecule has 0 saturated heterocycles. The van der Waals surface area contributed by atoms with Crippen molar-refractivity contribution in [3.05, 3.63) is 46.1 Å². The van der Waals surface area contributed by atoms with Gasteiger partial charge in [0.2, 0.25) is 0 Å². The van der Waals surface area contributed by atoms with Gasteiger partial charge in [0.1, 0.15) is 10.7 Å². The molecule has 0 radical (unpaired) electrons. The Hall–Kier alpha value is -1.50. The van der Waals surface area contributed by atoms with Crippen molar-refractivity contribution >= 4 is 51.9 Å². The van der Waals surface area contributed by atoms with Gasteiger partial charge in [0.25, 0.3) is 0 Å². The van der Waals surface area contributed by atoms with Gasteiger partial charge in [0.05, 0.1) is 10.0 Å². The zero-order chi connectivity index (χ0) is 14.0. The lowest BCUT2D eigenvalue weighted by molar-refractivity contribution is 0.629. The van der Waals surface area contributed by atoms with Gasteiger partial charge in [-0.25, -0.2) is 14.4 Å². The van der Waals surface area contributed by atoms with Crippen molar-refractivity contribution in [1.82, 2.24) is 9.97 Å². The van der Waals surface area contributed by atoms with E-state index >= 15 is 0 Å². The van der Waals surface area contributed by atoms with Gasteiger partial charge in [-0.1, -0.05) is 35.4 Å². The highest BCUT2D eigenvalue weighted by atomic mass is 35.5. The maximum absolute atomic E-state index is 13.3. The van der Waals surface area contributed by atoms with Crippen LogP contribution in [0.4, 0.5) is 15.9 Å². The number of nitrogens with zero attached hydrogens (tertiary/aromatic N) is 2. The molecule has 0 amide bonds. The second kappa shape index (κ2) is 5.64. The first-order valence-electron chi connectivity index (χ1n) is 5.01. The third kappa shape index (κ3) is 3.09. The topological polar surface area (TPSA) is 63.8 Å². The highest BCUT2D eigenvalue weighted by Gasteiger charge is 2.11. The molecule has 1 aromatic heterocycles. The average molecular weight is 317 g/mol. The molecule has 0 atom stereocenters. The second-order valence-corrected chi connectivity index (χ2v) is 4.75. The molecule has 0 fully saturated rings. The Morgan fingerprint density at radius 3 is 2.37 bits per heavy atom. The monoisotopic (exact) mass is 316 g/mol. The normalized spacial score (nSPS) is 10.3. The van der Waals surface area contributed by atoms with Gasteiger partial charge in [0.15, 0.2) is 11.6 Å². The van der Waals surface area contributed by atoms with Crippen LogP contribution in [0.1, 0.15) is 5.69 Å². The van der Waals surface area contributed by atoms with E-state index in [1.807, 2.05) is 0 Å². The minimum atomic E-state index is -0.678. The van der Waals surface area contributed by atoms with Gasteiger partial charge < -0.3 is 11.1 Å². The number of rotatable bonds is 3. The fourth-order valence-electron chi connectivity index (χ4n) is 1.37. The highest BCUT2D eigenvalue weighted by Crippen LogP contribution is 2.29. The lowest BCUT2D eigenvalue weighted by Gasteiger charge is -2.10. The molecule has 3 N–H and O–H groups in total. The van der Waals surface area contributed by atoms with Gasteiger partial charge in [0, 0.05) is 18.1 Å². The predicted octanol–water partition coefficient (Wildman–Crippen LogP) is 3.30. The Bertz CT molecular complexity index is 627. The van der Waals surface area contributed by atoms with Gasteiger partial charge in [-0.3, -0.25) is 0 Å². The van der Waals surface area contributed by atoms with E-state index in [1.54, 1.807) is 0 Å². The molecule has 1 aromatic carbocycles. The Labute approximate surface area is 123 Å². The van der Waals surface area contributed by atoms with Crippen LogP contribution in [0, 0.1) is 5.82 Å². The van der Waals surface area contributed by atoms with Crippen LogP contribution < -0.4 is 11.1 Å². The van der Waals surface area contributed by atoms with Crippen molar-refractivity contribution in [1.29, 1.82) is 0 Å². The van der Waals surface area contributed by atoms with Crippen molar-refractivity contribution in [3.63, 3.8) is 0 Å². The van der Waals surface area contributed by atoms with E-state index in [0.717, 1.165) is 0 Å². The number of hydrogen-bond donors (Lipinski definition) is 2. The Morgan fingerprint density at radius 1 is 1.21 bits per heavy atom. The summed E-state index contributed by atoms with van der Waals surface area (Å²) in [5.74, 6) is -0.337. The van der Waals surface area contributed by atoms with Gasteiger partial charge in [-0.15, -0.1) is 0 Å². The molecule has 4 nitrogen and oxygen atoms in total. The molecule has 2 aromatic rings. The number of nitrogens with one attached hydrogen (secondary N) is 1. The van der Waals surface area contributed by atoms with Crippen LogP contribution in [-0.4, -0.2) is 15.0 Å². The summed E-state index contributed by atoms with van der Waals surface area (Å²) in [5, 5.41) is 2.68. The third-order valence-electron chi connectivity index (χ3n) is 2.18. The minimum Gasteiger partial charge on any atom is -0.388 e. The minimum absolute atomic E-state index is 0.0925. The molecule has 0 aliphatic carbocycles. The first-order valence-corrected chi connectivity index (χ1v) is 6.18. The fourth-order valence-corrected chi connectivity index (χ4v) is 2.01. The van der Waals surface area contributed by atoms with Crippen LogP contribution in [-0.2, 0) is 0 Å². The van der Waals surface area contributed by atoms with Gasteiger partial charge >= 0.3 is 0 Å². The third-order valence-corrected chi connectivity index (χ3v) is 2.92. The number of benzene rings is 1. The van der Waals surface area contributed by atoms with Crippen LogP contribution >= 0.6 is 35.4 Å². The molecule has 2 rings (SSSR count). The molecule has 1 heterocycles. The van der Waals surface area contributed by atoms with Crippen LogP contribution in [0.5, 0.6) is 0 Å². The van der Waals surface area contributed by atoms with Crippen LogP contribution in [0.25, 0.3) is 0 Å². The first kappa shape index (κ1) is 13.9. The largest absolute Gasteiger partial charge is 0.388 e. The van der Waals surface area contributed by atoms with E-state index in [0.29, 0.717) is 17.2 Å². The molecule has 0 unspecified atom stereocenters. The van der Waals surface area contributed by atoms with E-state index in [-0.39, 0.29) is 15.0 Å². The molecule has 0 spiro atoms. The van der Waals surface area contributed by atoms with Gasteiger partial charge in [-0.2, -0.15) is 0 Å². The van der Waals surface area contributed by atoms with Gasteiger partial charge in [-0.05, 0) is 12.1 Å². The molecule has 98 valence electrons. The predicted molar refractivity (Wildman–Crippen MR) is 77.6 cm³/mol. The van der Waals surface area contributed by atoms with Crippen molar-refractivity contribution in [2.75, 3.05) is 5.32 Å². The summed E-state index contributed by atoms with van der Waals surface area (Å²) < 4.78 is 13.3. The smallest absolute Gasteiger partial charge is 0.160 e. The number of thiocarbonyl (C=S) groups is 1. The number of anilines is 2. The number of aromatic nitrogens is 2. The number of halogens is 3. The maximum Gasteiger partial charge on any atom is 0.160 e. The second-order valence-electron chi connectivity index (χ2n) is 3.50. The van der Waals surface area contributed by atoms with Crippen LogP contribution in [0.2, 0.25) is 10.0 Å². The standard InChI is InChI=1S/C11H7Cl2FN4S/c12-6-3-5(4-7(13)8(6)14)18-11-9(10(15)19)16-1-2-17-11/h1-4H,(H2,15,19)(H,17,18). The molecular formula is C11H7Cl2FN4S. The van der Waals surface area contributed by atoms with Crippen molar-refractivity contribution in [2.24, 2.45) is 5.73 Å². The summed E-state index contributed by atoms with van der Waals surface area (Å²) >= 11 is 16.3. The molecule has 0 aliphatic heterocycles. The van der Waals surface area contributed by atoms with Crippen LogP contribution in [0.15, 0.2) is 24.5 Å². The van der Waals surface area contributed by atoms with Crippen molar-refractivity contribution < 1.29 is 4.39 Å². The molecule has 19 heavy (non-hydrogen) atoms. The molecular weight excluding hydrogens is 310 g/mol. The van der Waals surface area contributed by atoms with E-state index in [2.05, 4.69) is 15.3 Å². The lowest BCUT2D eigenvalue weighted by Crippen LogP contribution is -2.14. The van der Waals surface area contributed by atoms with Crippen molar-refractivity contribution in [3.8, 4) is 0 Å². The zero-order valence-corrected chi connectivity index (χ0v) is 11.7.